The van der Waals surface area contributed by atoms with Gasteiger partial charge in [0.1, 0.15) is 5.82 Å². The third-order valence-corrected chi connectivity index (χ3v) is 3.99. The highest BCUT2D eigenvalue weighted by molar-refractivity contribution is 5.35. The predicted molar refractivity (Wildman–Crippen MR) is 78.3 cm³/mol. The number of benzene rings is 2. The Kier molecular flexibility index (Phi) is 3.83. The van der Waals surface area contributed by atoms with Crippen molar-refractivity contribution in [1.29, 1.82) is 0 Å². The Morgan fingerprint density at radius 3 is 2.50 bits per heavy atom. The van der Waals surface area contributed by atoms with E-state index in [9.17, 15) is 9.50 Å². The summed E-state index contributed by atoms with van der Waals surface area (Å²) in [6, 6.07) is 13.0. The Hall–Kier alpha value is -1.67. The largest absolute Gasteiger partial charge is 0.392 e. The quantitative estimate of drug-likeness (QED) is 0.902. The van der Waals surface area contributed by atoms with Crippen LogP contribution in [-0.2, 0) is 25.7 Å². The minimum Gasteiger partial charge on any atom is -0.392 e. The van der Waals surface area contributed by atoms with E-state index in [2.05, 4.69) is 18.2 Å². The molecule has 0 heterocycles. The van der Waals surface area contributed by atoms with Gasteiger partial charge >= 0.3 is 0 Å². The normalized spacial score (nSPS) is 15.1. The zero-order chi connectivity index (χ0) is 13.9. The van der Waals surface area contributed by atoms with Gasteiger partial charge in [-0.3, -0.25) is 0 Å². The Bertz CT molecular complexity index is 606. The number of hydrogen-bond acceptors (Lipinski definition) is 1. The first-order chi connectivity index (χ1) is 9.70. The van der Waals surface area contributed by atoms with E-state index in [0.29, 0.717) is 12.8 Å². The van der Waals surface area contributed by atoms with E-state index in [0.717, 1.165) is 12.0 Å². The summed E-state index contributed by atoms with van der Waals surface area (Å²) in [6.07, 6.45) is 4.24. The number of fused-ring (bicyclic) bond motifs is 1. The summed E-state index contributed by atoms with van der Waals surface area (Å²) < 4.78 is 13.1. The van der Waals surface area contributed by atoms with E-state index >= 15 is 0 Å². The van der Waals surface area contributed by atoms with Gasteiger partial charge in [-0.2, -0.15) is 0 Å². The van der Waals surface area contributed by atoms with Crippen LogP contribution in [0.5, 0.6) is 0 Å². The molecule has 1 N–H and O–H groups in total. The van der Waals surface area contributed by atoms with E-state index in [1.807, 2.05) is 6.07 Å². The smallest absolute Gasteiger partial charge is 0.123 e. The van der Waals surface area contributed by atoms with Crippen molar-refractivity contribution in [2.45, 2.75) is 38.2 Å². The van der Waals surface area contributed by atoms with Crippen LogP contribution >= 0.6 is 0 Å². The number of rotatable bonds is 4. The van der Waals surface area contributed by atoms with Crippen LogP contribution in [0.4, 0.5) is 4.39 Å². The molecule has 0 fully saturated rings. The third-order valence-electron chi connectivity index (χ3n) is 3.99. The van der Waals surface area contributed by atoms with Crippen molar-refractivity contribution in [3.8, 4) is 0 Å². The first kappa shape index (κ1) is 13.3. The summed E-state index contributed by atoms with van der Waals surface area (Å²) in [5.41, 5.74) is 4.90. The minimum absolute atomic E-state index is 0.243. The maximum atomic E-state index is 13.1. The highest BCUT2D eigenvalue weighted by Crippen LogP contribution is 2.23. The number of halogens is 1. The first-order valence-electron chi connectivity index (χ1n) is 7.24. The van der Waals surface area contributed by atoms with Gasteiger partial charge in [0.25, 0.3) is 0 Å². The molecular weight excluding hydrogens is 251 g/mol. The van der Waals surface area contributed by atoms with E-state index in [1.54, 1.807) is 6.07 Å². The van der Waals surface area contributed by atoms with Crippen molar-refractivity contribution < 1.29 is 9.50 Å². The van der Waals surface area contributed by atoms with Crippen molar-refractivity contribution >= 4 is 0 Å². The second-order valence-corrected chi connectivity index (χ2v) is 5.65. The second-order valence-electron chi connectivity index (χ2n) is 5.65. The summed E-state index contributed by atoms with van der Waals surface area (Å²) in [5.74, 6) is -0.243. The molecule has 1 nitrogen and oxygen atoms in total. The monoisotopic (exact) mass is 270 g/mol. The van der Waals surface area contributed by atoms with Crippen molar-refractivity contribution in [3.05, 3.63) is 70.5 Å². The molecule has 0 amide bonds. The van der Waals surface area contributed by atoms with E-state index in [1.165, 1.54) is 41.7 Å². The molecule has 104 valence electrons. The maximum Gasteiger partial charge on any atom is 0.123 e. The van der Waals surface area contributed by atoms with Crippen molar-refractivity contribution in [2.75, 3.05) is 0 Å². The molecule has 2 heteroatoms. The van der Waals surface area contributed by atoms with Gasteiger partial charge in [0.05, 0.1) is 6.10 Å². The fraction of sp³-hybridized carbons (Fsp3) is 0.333. The molecule has 20 heavy (non-hydrogen) atoms. The zero-order valence-electron chi connectivity index (χ0n) is 11.5. The summed E-state index contributed by atoms with van der Waals surface area (Å²) in [4.78, 5) is 0. The van der Waals surface area contributed by atoms with Gasteiger partial charge in [0.2, 0.25) is 0 Å². The Balaban J connectivity index is 1.65. The highest BCUT2D eigenvalue weighted by atomic mass is 19.1. The van der Waals surface area contributed by atoms with Crippen LogP contribution in [-0.4, -0.2) is 11.2 Å². The lowest BCUT2D eigenvalue weighted by Crippen LogP contribution is -2.14. The Morgan fingerprint density at radius 2 is 1.70 bits per heavy atom. The molecule has 0 saturated carbocycles. The van der Waals surface area contributed by atoms with E-state index in [-0.39, 0.29) is 5.82 Å². The molecule has 0 aromatic heterocycles. The van der Waals surface area contributed by atoms with Gasteiger partial charge in [-0.15, -0.1) is 0 Å². The van der Waals surface area contributed by atoms with Gasteiger partial charge in [0, 0.05) is 0 Å². The van der Waals surface area contributed by atoms with Crippen molar-refractivity contribution in [2.24, 2.45) is 0 Å². The van der Waals surface area contributed by atoms with E-state index < -0.39 is 6.10 Å². The van der Waals surface area contributed by atoms with Crippen LogP contribution < -0.4 is 0 Å². The number of hydrogen-bond donors (Lipinski definition) is 1. The van der Waals surface area contributed by atoms with Crippen molar-refractivity contribution in [1.82, 2.24) is 0 Å². The maximum absolute atomic E-state index is 13.1. The number of aliphatic hydroxyl groups excluding tert-OH is 1. The Labute approximate surface area is 119 Å². The molecule has 1 unspecified atom stereocenters. The first-order valence-corrected chi connectivity index (χ1v) is 7.24. The molecule has 0 aliphatic heterocycles. The lowest BCUT2D eigenvalue weighted by molar-refractivity contribution is 0.175. The van der Waals surface area contributed by atoms with Gasteiger partial charge in [-0.25, -0.2) is 4.39 Å². The summed E-state index contributed by atoms with van der Waals surface area (Å²) in [7, 11) is 0. The average molecular weight is 270 g/mol. The summed E-state index contributed by atoms with van der Waals surface area (Å²) in [6.45, 7) is 0. The molecule has 1 aliphatic carbocycles. The molecule has 0 spiro atoms. The molecule has 2 aromatic carbocycles. The molecule has 3 rings (SSSR count). The van der Waals surface area contributed by atoms with E-state index in [4.69, 9.17) is 0 Å². The fourth-order valence-electron chi connectivity index (χ4n) is 3.03. The predicted octanol–water partition coefficient (Wildman–Crippen LogP) is 3.46. The van der Waals surface area contributed by atoms with Gasteiger partial charge in [0.15, 0.2) is 0 Å². The SMILES string of the molecule is OC(Cc1cccc(F)c1)Cc1ccc2c(c1)CCC2. The summed E-state index contributed by atoms with van der Waals surface area (Å²) in [5, 5.41) is 10.2. The van der Waals surface area contributed by atoms with Crippen LogP contribution in [0.25, 0.3) is 0 Å². The van der Waals surface area contributed by atoms with Gasteiger partial charge in [-0.1, -0.05) is 30.3 Å². The number of aliphatic hydroxyl groups is 1. The number of aryl methyl sites for hydroxylation is 2. The molecule has 1 atom stereocenters. The Morgan fingerprint density at radius 1 is 0.950 bits per heavy atom. The van der Waals surface area contributed by atoms with Crippen LogP contribution in [0.15, 0.2) is 42.5 Å². The second kappa shape index (κ2) is 5.76. The minimum atomic E-state index is -0.462. The molecule has 0 saturated heterocycles. The zero-order valence-corrected chi connectivity index (χ0v) is 11.5. The lowest BCUT2D eigenvalue weighted by Gasteiger charge is -2.12. The molecule has 0 bridgehead atoms. The fourth-order valence-corrected chi connectivity index (χ4v) is 3.03. The average Bonchev–Trinajstić information content (AvgIpc) is 2.86. The van der Waals surface area contributed by atoms with Crippen LogP contribution in [0.1, 0.15) is 28.7 Å². The van der Waals surface area contributed by atoms with Crippen LogP contribution in [0.2, 0.25) is 0 Å². The van der Waals surface area contributed by atoms with Gasteiger partial charge in [-0.05, 0) is 66.5 Å². The standard InChI is InChI=1S/C18H19FO/c19-17-6-1-3-13(10-17)11-18(20)12-14-7-8-15-4-2-5-16(15)9-14/h1,3,6-10,18,20H,2,4-5,11-12H2. The molecule has 0 radical (unpaired) electrons. The van der Waals surface area contributed by atoms with Crippen molar-refractivity contribution in [3.63, 3.8) is 0 Å². The highest BCUT2D eigenvalue weighted by Gasteiger charge is 2.13. The topological polar surface area (TPSA) is 20.2 Å². The third kappa shape index (κ3) is 3.07. The molecule has 2 aromatic rings. The molecule has 1 aliphatic rings. The summed E-state index contributed by atoms with van der Waals surface area (Å²) >= 11 is 0. The molecular formula is C18H19FO. The van der Waals surface area contributed by atoms with Crippen LogP contribution in [0, 0.1) is 5.82 Å². The van der Waals surface area contributed by atoms with Crippen LogP contribution in [0.3, 0.4) is 0 Å². The lowest BCUT2D eigenvalue weighted by atomic mass is 9.98. The van der Waals surface area contributed by atoms with Gasteiger partial charge < -0.3 is 5.11 Å².